The van der Waals surface area contributed by atoms with Gasteiger partial charge in [0.1, 0.15) is 0 Å². The number of nitrogens with one attached hydrogen (secondary N) is 2. The number of likely N-dealkylation sites (tertiary alicyclic amines) is 1. The topological polar surface area (TPSA) is 78.4 Å². The second kappa shape index (κ2) is 12.3. The summed E-state index contributed by atoms with van der Waals surface area (Å²) in [6.07, 6.45) is 1.63. The minimum atomic E-state index is -0.123. The number of hydrogen-bond acceptors (Lipinski definition) is 5. The lowest BCUT2D eigenvalue weighted by Gasteiger charge is -2.29. The molecule has 7 nitrogen and oxygen atoms in total. The highest BCUT2D eigenvalue weighted by atomic mass is 127. The molecule has 0 unspecified atom stereocenters. The van der Waals surface area contributed by atoms with Gasteiger partial charge >= 0.3 is 0 Å². The van der Waals surface area contributed by atoms with Gasteiger partial charge in [-0.1, -0.05) is 30.3 Å². The van der Waals surface area contributed by atoms with Gasteiger partial charge in [-0.15, -0.1) is 24.0 Å². The van der Waals surface area contributed by atoms with E-state index in [1.54, 1.807) is 0 Å². The number of fused-ring (bicyclic) bond motifs is 1. The maximum absolute atomic E-state index is 9.65. The molecule has 0 spiro atoms. The second-order valence-electron chi connectivity index (χ2n) is 8.06. The highest BCUT2D eigenvalue weighted by Crippen LogP contribution is 2.32. The number of hydrogen-bond donors (Lipinski definition) is 3. The van der Waals surface area contributed by atoms with Gasteiger partial charge in [0.05, 0.1) is 12.6 Å². The van der Waals surface area contributed by atoms with Crippen molar-refractivity contribution in [1.29, 1.82) is 0 Å². The van der Waals surface area contributed by atoms with Gasteiger partial charge in [-0.3, -0.25) is 4.90 Å². The molecule has 3 N–H and O–H groups in total. The molecule has 0 radical (unpaired) electrons. The zero-order valence-electron chi connectivity index (χ0n) is 18.5. The van der Waals surface area contributed by atoms with Crippen LogP contribution in [-0.2, 0) is 19.6 Å². The maximum Gasteiger partial charge on any atom is 0.231 e. The van der Waals surface area contributed by atoms with Gasteiger partial charge in [-0.05, 0) is 48.6 Å². The Bertz CT molecular complexity index is 883. The van der Waals surface area contributed by atoms with E-state index >= 15 is 0 Å². The van der Waals surface area contributed by atoms with Crippen LogP contribution >= 0.6 is 24.0 Å². The molecule has 0 aromatic heterocycles. The molecule has 0 saturated carbocycles. The van der Waals surface area contributed by atoms with Gasteiger partial charge < -0.3 is 25.2 Å². The number of aliphatic hydroxyl groups excluding tert-OH is 1. The Balaban J connectivity index is 0.00000289. The van der Waals surface area contributed by atoms with E-state index in [1.165, 1.54) is 11.1 Å². The number of guanidine groups is 1. The average Bonchev–Trinajstić information content (AvgIpc) is 3.26. The average molecular weight is 552 g/mol. The van der Waals surface area contributed by atoms with Crippen molar-refractivity contribution in [3.63, 3.8) is 0 Å². The van der Waals surface area contributed by atoms with Crippen molar-refractivity contribution in [2.24, 2.45) is 4.99 Å². The Kier molecular flexibility index (Phi) is 9.43. The van der Waals surface area contributed by atoms with Gasteiger partial charge in [0.25, 0.3) is 0 Å². The van der Waals surface area contributed by atoms with Crippen LogP contribution < -0.4 is 20.1 Å². The molecule has 32 heavy (non-hydrogen) atoms. The van der Waals surface area contributed by atoms with E-state index < -0.39 is 0 Å². The monoisotopic (exact) mass is 552 g/mol. The SMILES string of the molecule is CCNC(=NCc1ccc2c(c1)OCO2)NCc1ccc(CN2CCC(O)CC2)cc1.I. The van der Waals surface area contributed by atoms with Gasteiger partial charge in [-0.2, -0.15) is 0 Å². The largest absolute Gasteiger partial charge is 0.454 e. The predicted molar refractivity (Wildman–Crippen MR) is 137 cm³/mol. The highest BCUT2D eigenvalue weighted by Gasteiger charge is 2.17. The third kappa shape index (κ3) is 6.98. The molecule has 2 aromatic rings. The molecule has 1 saturated heterocycles. The highest BCUT2D eigenvalue weighted by molar-refractivity contribution is 14.0. The molecule has 0 bridgehead atoms. The van der Waals surface area contributed by atoms with Gasteiger partial charge in [-0.25, -0.2) is 4.99 Å². The van der Waals surface area contributed by atoms with Gasteiger partial charge in [0, 0.05) is 32.7 Å². The van der Waals surface area contributed by atoms with E-state index in [-0.39, 0.29) is 36.9 Å². The van der Waals surface area contributed by atoms with Crippen LogP contribution in [-0.4, -0.2) is 48.5 Å². The van der Waals surface area contributed by atoms with Crippen LogP contribution in [0.3, 0.4) is 0 Å². The molecule has 0 atom stereocenters. The minimum Gasteiger partial charge on any atom is -0.454 e. The fraction of sp³-hybridized carbons (Fsp3) is 0.458. The molecule has 4 rings (SSSR count). The summed E-state index contributed by atoms with van der Waals surface area (Å²) >= 11 is 0. The van der Waals surface area contributed by atoms with Crippen molar-refractivity contribution in [3.05, 3.63) is 59.2 Å². The number of aliphatic imine (C=N–C) groups is 1. The zero-order valence-corrected chi connectivity index (χ0v) is 20.9. The molecule has 2 aromatic carbocycles. The van der Waals surface area contributed by atoms with Crippen LogP contribution in [0.25, 0.3) is 0 Å². The molecule has 1 fully saturated rings. The van der Waals surface area contributed by atoms with Crippen molar-refractivity contribution >= 4 is 29.9 Å². The summed E-state index contributed by atoms with van der Waals surface area (Å²) in [6.45, 7) is 7.31. The van der Waals surface area contributed by atoms with Crippen LogP contribution in [0.5, 0.6) is 11.5 Å². The lowest BCUT2D eigenvalue weighted by atomic mass is 10.1. The molecule has 8 heteroatoms. The van der Waals surface area contributed by atoms with Gasteiger partial charge in [0.2, 0.25) is 6.79 Å². The maximum atomic E-state index is 9.65. The predicted octanol–water partition coefficient (Wildman–Crippen LogP) is 3.25. The number of ether oxygens (including phenoxy) is 2. The summed E-state index contributed by atoms with van der Waals surface area (Å²) in [7, 11) is 0. The number of piperidine rings is 1. The van der Waals surface area contributed by atoms with Crippen molar-refractivity contribution in [2.75, 3.05) is 26.4 Å². The minimum absolute atomic E-state index is 0. The van der Waals surface area contributed by atoms with Crippen LogP contribution in [0, 0.1) is 0 Å². The number of nitrogens with zero attached hydrogens (tertiary/aromatic N) is 2. The molecule has 2 aliphatic rings. The van der Waals surface area contributed by atoms with Crippen molar-refractivity contribution in [2.45, 2.75) is 45.5 Å². The third-order valence-corrected chi connectivity index (χ3v) is 5.65. The first kappa shape index (κ1) is 24.6. The first-order valence-electron chi connectivity index (χ1n) is 11.1. The lowest BCUT2D eigenvalue weighted by molar-refractivity contribution is 0.0792. The number of halogens is 1. The fourth-order valence-electron chi connectivity index (χ4n) is 3.84. The second-order valence-corrected chi connectivity index (χ2v) is 8.06. The summed E-state index contributed by atoms with van der Waals surface area (Å²) in [6, 6.07) is 14.7. The molecule has 2 heterocycles. The molecular formula is C24H33IN4O3. The van der Waals surface area contributed by atoms with Crippen molar-refractivity contribution < 1.29 is 14.6 Å². The Labute approximate surface area is 207 Å². The first-order valence-corrected chi connectivity index (χ1v) is 11.1. The van der Waals surface area contributed by atoms with E-state index in [2.05, 4.69) is 46.7 Å². The van der Waals surface area contributed by atoms with Crippen LogP contribution in [0.1, 0.15) is 36.5 Å². The van der Waals surface area contributed by atoms with Crippen LogP contribution in [0.15, 0.2) is 47.5 Å². The smallest absolute Gasteiger partial charge is 0.231 e. The number of rotatable bonds is 7. The Morgan fingerprint density at radius 1 is 1.00 bits per heavy atom. The molecule has 0 amide bonds. The van der Waals surface area contributed by atoms with E-state index in [4.69, 9.17) is 14.5 Å². The quantitative estimate of drug-likeness (QED) is 0.278. The number of benzene rings is 2. The van der Waals surface area contributed by atoms with E-state index in [1.807, 2.05) is 18.2 Å². The van der Waals surface area contributed by atoms with Crippen LogP contribution in [0.2, 0.25) is 0 Å². The van der Waals surface area contributed by atoms with E-state index in [9.17, 15) is 5.11 Å². The van der Waals surface area contributed by atoms with E-state index in [0.29, 0.717) is 13.1 Å². The Morgan fingerprint density at radius 3 is 2.44 bits per heavy atom. The van der Waals surface area contributed by atoms with Crippen molar-refractivity contribution in [1.82, 2.24) is 15.5 Å². The Morgan fingerprint density at radius 2 is 1.69 bits per heavy atom. The molecule has 174 valence electrons. The van der Waals surface area contributed by atoms with Gasteiger partial charge in [0.15, 0.2) is 17.5 Å². The van der Waals surface area contributed by atoms with Crippen LogP contribution in [0.4, 0.5) is 0 Å². The Hall–Kier alpha value is -2.04. The third-order valence-electron chi connectivity index (χ3n) is 5.65. The molecule has 2 aliphatic heterocycles. The fourth-order valence-corrected chi connectivity index (χ4v) is 3.84. The number of aliphatic hydroxyl groups is 1. The standard InChI is InChI=1S/C24H32N4O3.HI/c1-2-25-24(27-15-20-7-8-22-23(13-20)31-17-30-22)26-14-18-3-5-19(6-4-18)16-28-11-9-21(29)10-12-28;/h3-8,13,21,29H,2,9-12,14-17H2,1H3,(H2,25,26,27);1H. The van der Waals surface area contributed by atoms with Crippen molar-refractivity contribution in [3.8, 4) is 11.5 Å². The zero-order chi connectivity index (χ0) is 21.5. The summed E-state index contributed by atoms with van der Waals surface area (Å²) in [5, 5.41) is 16.4. The summed E-state index contributed by atoms with van der Waals surface area (Å²) in [5.74, 6) is 2.36. The normalized spacial score (nSPS) is 16.5. The summed E-state index contributed by atoms with van der Waals surface area (Å²) in [4.78, 5) is 7.10. The molecule has 0 aliphatic carbocycles. The first-order chi connectivity index (χ1) is 15.2. The molecular weight excluding hydrogens is 519 g/mol. The summed E-state index contributed by atoms with van der Waals surface area (Å²) in [5.41, 5.74) is 3.60. The summed E-state index contributed by atoms with van der Waals surface area (Å²) < 4.78 is 10.8. The van der Waals surface area contributed by atoms with E-state index in [0.717, 1.165) is 62.0 Å². The lowest BCUT2D eigenvalue weighted by Crippen LogP contribution is -2.36.